The van der Waals surface area contributed by atoms with E-state index in [0.29, 0.717) is 13.0 Å². The highest BCUT2D eigenvalue weighted by molar-refractivity contribution is 7.47. The number of phosphoric ester groups is 1. The van der Waals surface area contributed by atoms with Crippen LogP contribution in [0.2, 0.25) is 0 Å². The number of carbonyl (C=O) groups excluding carboxylic acids is 1. The SMILES string of the molecule is CC/C=C\C/C=C\C/C=C\CCCCCCCCCC(=O)OC(COCCCCCCCCCC/C=C\C/C=C\CCCCCC)COP(=O)(O)OCC(N)C(=O)O. The Morgan fingerprint density at radius 3 is 1.50 bits per heavy atom. The second-order valence-corrected chi connectivity index (χ2v) is 16.6. The van der Waals surface area contributed by atoms with E-state index >= 15 is 0 Å². The molecule has 3 unspecified atom stereocenters. The van der Waals surface area contributed by atoms with Crippen LogP contribution >= 0.6 is 7.82 Å². The van der Waals surface area contributed by atoms with Crippen LogP contribution in [0.4, 0.5) is 0 Å². The van der Waals surface area contributed by atoms with Gasteiger partial charge >= 0.3 is 19.8 Å². The molecule has 0 rings (SSSR count). The highest BCUT2D eigenvalue weighted by Gasteiger charge is 2.27. The fourth-order valence-corrected chi connectivity index (χ4v) is 6.78. The summed E-state index contributed by atoms with van der Waals surface area (Å²) in [5.41, 5.74) is 5.36. The maximum atomic E-state index is 12.6. The van der Waals surface area contributed by atoms with Crippen molar-refractivity contribution in [3.8, 4) is 0 Å². The molecule has 10 nitrogen and oxygen atoms in total. The maximum Gasteiger partial charge on any atom is 0.472 e. The molecule has 58 heavy (non-hydrogen) atoms. The zero-order valence-electron chi connectivity index (χ0n) is 36.6. The van der Waals surface area contributed by atoms with Crippen molar-refractivity contribution in [3.63, 3.8) is 0 Å². The van der Waals surface area contributed by atoms with Gasteiger partial charge < -0.3 is 25.2 Å². The summed E-state index contributed by atoms with van der Waals surface area (Å²) in [5, 5.41) is 8.91. The number of allylic oxidation sites excluding steroid dienone is 10. The van der Waals surface area contributed by atoms with Crippen molar-refractivity contribution in [1.29, 1.82) is 0 Å². The summed E-state index contributed by atoms with van der Waals surface area (Å²) in [6, 6.07) is -1.48. The molecule has 0 bridgehead atoms. The molecule has 0 spiro atoms. The quantitative estimate of drug-likeness (QED) is 0.0234. The monoisotopic (exact) mass is 838 g/mol. The molecule has 0 saturated heterocycles. The minimum absolute atomic E-state index is 0.00664. The number of carboxylic acid groups (broad SMARTS) is 1. The van der Waals surface area contributed by atoms with E-state index in [0.717, 1.165) is 77.0 Å². The zero-order chi connectivity index (χ0) is 42.6. The van der Waals surface area contributed by atoms with Gasteiger partial charge in [0.2, 0.25) is 0 Å². The van der Waals surface area contributed by atoms with Crippen molar-refractivity contribution in [2.45, 2.75) is 199 Å². The molecule has 0 aromatic rings. The van der Waals surface area contributed by atoms with E-state index in [1.54, 1.807) is 0 Å². The van der Waals surface area contributed by atoms with Crippen molar-refractivity contribution in [2.24, 2.45) is 5.73 Å². The Labute approximate surface area is 353 Å². The fourth-order valence-electron chi connectivity index (χ4n) is 6.00. The van der Waals surface area contributed by atoms with E-state index in [1.165, 1.54) is 83.5 Å². The summed E-state index contributed by atoms with van der Waals surface area (Å²) < 4.78 is 33.4. The first-order valence-corrected chi connectivity index (χ1v) is 24.3. The Kier molecular flexibility index (Phi) is 41.1. The van der Waals surface area contributed by atoms with Crippen LogP contribution in [0.5, 0.6) is 0 Å². The van der Waals surface area contributed by atoms with Gasteiger partial charge in [0, 0.05) is 13.0 Å². The van der Waals surface area contributed by atoms with Crippen molar-refractivity contribution in [2.75, 3.05) is 26.4 Å². The predicted molar refractivity (Wildman–Crippen MR) is 240 cm³/mol. The first-order valence-electron chi connectivity index (χ1n) is 22.8. The van der Waals surface area contributed by atoms with Crippen LogP contribution in [0.25, 0.3) is 0 Å². The number of nitrogens with two attached hydrogens (primary N) is 1. The van der Waals surface area contributed by atoms with E-state index < -0.39 is 45.1 Å². The lowest BCUT2D eigenvalue weighted by Crippen LogP contribution is -2.34. The standard InChI is InChI=1S/C47H84NO9P/c1-3-5-7-9-11-13-15-17-19-21-22-24-26-28-30-32-34-36-38-40-54-41-44(42-55-58(52,53)56-43-45(48)47(50)51)57-46(49)39-37-35-33-31-29-27-25-23-20-18-16-14-12-10-8-6-4-2/h6,8,12-15,18-21,44-45H,3-5,7,9-11,16-17,22-43,48H2,1-2H3,(H,50,51)(H,52,53)/b8-6-,14-12-,15-13-,20-18-,21-19-. The van der Waals surface area contributed by atoms with Crippen LogP contribution in [0.15, 0.2) is 60.8 Å². The Morgan fingerprint density at radius 2 is 1.00 bits per heavy atom. The number of esters is 1. The maximum absolute atomic E-state index is 12.6. The van der Waals surface area contributed by atoms with Gasteiger partial charge in [-0.2, -0.15) is 0 Å². The normalized spacial score (nSPS) is 14.4. The summed E-state index contributed by atoms with van der Waals surface area (Å²) >= 11 is 0. The van der Waals surface area contributed by atoms with Crippen LogP contribution in [0.3, 0.4) is 0 Å². The molecule has 0 aromatic carbocycles. The molecule has 0 fully saturated rings. The third kappa shape index (κ3) is 41.8. The minimum atomic E-state index is -4.62. The molecule has 336 valence electrons. The molecule has 0 aliphatic carbocycles. The van der Waals surface area contributed by atoms with Gasteiger partial charge in [0.1, 0.15) is 12.1 Å². The molecule has 0 radical (unpaired) electrons. The Morgan fingerprint density at radius 1 is 0.569 bits per heavy atom. The molecular weight excluding hydrogens is 753 g/mol. The summed E-state index contributed by atoms with van der Waals surface area (Å²) in [6.45, 7) is 3.73. The van der Waals surface area contributed by atoms with Crippen LogP contribution < -0.4 is 5.73 Å². The Balaban J connectivity index is 4.24. The minimum Gasteiger partial charge on any atom is -0.480 e. The third-order valence-electron chi connectivity index (χ3n) is 9.53. The fraction of sp³-hybridized carbons (Fsp3) is 0.745. The van der Waals surface area contributed by atoms with Gasteiger partial charge in [-0.1, -0.05) is 164 Å². The number of phosphoric acid groups is 1. The summed E-state index contributed by atoms with van der Waals surface area (Å²) in [7, 11) is -4.62. The van der Waals surface area contributed by atoms with Gasteiger partial charge in [-0.15, -0.1) is 0 Å². The van der Waals surface area contributed by atoms with Crippen LogP contribution in [0.1, 0.15) is 187 Å². The van der Waals surface area contributed by atoms with E-state index in [1.807, 2.05) is 0 Å². The van der Waals surface area contributed by atoms with E-state index in [9.17, 15) is 19.0 Å². The molecule has 0 amide bonds. The van der Waals surface area contributed by atoms with Gasteiger partial charge in [-0.3, -0.25) is 18.6 Å². The van der Waals surface area contributed by atoms with Crippen molar-refractivity contribution in [3.05, 3.63) is 60.8 Å². The average molecular weight is 838 g/mol. The van der Waals surface area contributed by atoms with Gasteiger partial charge in [-0.05, 0) is 77.0 Å². The summed E-state index contributed by atoms with van der Waals surface area (Å²) in [5.74, 6) is -1.79. The van der Waals surface area contributed by atoms with Gasteiger partial charge in [0.15, 0.2) is 0 Å². The highest BCUT2D eigenvalue weighted by atomic mass is 31.2. The smallest absolute Gasteiger partial charge is 0.472 e. The van der Waals surface area contributed by atoms with E-state index in [2.05, 4.69) is 74.6 Å². The Bertz CT molecular complexity index is 1150. The lowest BCUT2D eigenvalue weighted by atomic mass is 10.1. The molecular formula is C47H84NO9P. The zero-order valence-corrected chi connectivity index (χ0v) is 37.5. The number of hydrogen-bond acceptors (Lipinski definition) is 8. The van der Waals surface area contributed by atoms with E-state index in [4.69, 9.17) is 29.4 Å². The van der Waals surface area contributed by atoms with Crippen molar-refractivity contribution >= 4 is 19.8 Å². The number of ether oxygens (including phenoxy) is 2. The third-order valence-corrected chi connectivity index (χ3v) is 10.5. The van der Waals surface area contributed by atoms with Gasteiger partial charge in [-0.25, -0.2) is 4.57 Å². The van der Waals surface area contributed by atoms with Crippen LogP contribution in [-0.4, -0.2) is 60.5 Å². The molecule has 0 saturated carbocycles. The number of rotatable bonds is 43. The molecule has 0 heterocycles. The highest BCUT2D eigenvalue weighted by Crippen LogP contribution is 2.43. The lowest BCUT2D eigenvalue weighted by molar-refractivity contribution is -0.154. The molecule has 11 heteroatoms. The van der Waals surface area contributed by atoms with Crippen molar-refractivity contribution in [1.82, 2.24) is 0 Å². The van der Waals surface area contributed by atoms with Crippen LogP contribution in [-0.2, 0) is 32.7 Å². The molecule has 0 aliphatic heterocycles. The molecule has 0 aromatic heterocycles. The number of hydrogen-bond donors (Lipinski definition) is 3. The number of carbonyl (C=O) groups is 2. The van der Waals surface area contributed by atoms with Gasteiger partial charge in [0.05, 0.1) is 19.8 Å². The predicted octanol–water partition coefficient (Wildman–Crippen LogP) is 12.8. The largest absolute Gasteiger partial charge is 0.480 e. The number of carboxylic acids is 1. The average Bonchev–Trinajstić information content (AvgIpc) is 3.20. The second kappa shape index (κ2) is 42.8. The number of aliphatic carboxylic acids is 1. The second-order valence-electron chi connectivity index (χ2n) is 15.1. The van der Waals surface area contributed by atoms with Gasteiger partial charge in [0.25, 0.3) is 0 Å². The molecule has 4 N–H and O–H groups in total. The summed E-state index contributed by atoms with van der Waals surface area (Å²) in [4.78, 5) is 33.6. The van der Waals surface area contributed by atoms with Crippen LogP contribution in [0, 0.1) is 0 Å². The lowest BCUT2D eigenvalue weighted by Gasteiger charge is -2.20. The summed E-state index contributed by atoms with van der Waals surface area (Å²) in [6.07, 6.45) is 51.2. The number of unbranched alkanes of at least 4 members (excludes halogenated alkanes) is 19. The van der Waals surface area contributed by atoms with Crippen molar-refractivity contribution < 1.29 is 42.7 Å². The molecule has 0 aliphatic rings. The molecule has 3 atom stereocenters. The van der Waals surface area contributed by atoms with E-state index in [-0.39, 0.29) is 13.0 Å². The topological polar surface area (TPSA) is 155 Å². The first-order chi connectivity index (χ1) is 28.2. The first kappa shape index (κ1) is 55.7. The Hall–Kier alpha value is -2.33.